The third kappa shape index (κ3) is 7.97. The highest BCUT2D eigenvalue weighted by Gasteiger charge is 2.32. The first-order chi connectivity index (χ1) is 18.4. The van der Waals surface area contributed by atoms with Gasteiger partial charge in [-0.15, -0.1) is 0 Å². The lowest BCUT2D eigenvalue weighted by Crippen LogP contribution is -2.51. The summed E-state index contributed by atoms with van der Waals surface area (Å²) in [5.74, 6) is -0.674. The Morgan fingerprint density at radius 2 is 1.59 bits per heavy atom. The maximum absolute atomic E-state index is 13.9. The van der Waals surface area contributed by atoms with Crippen molar-refractivity contribution in [2.45, 2.75) is 45.2 Å². The largest absolute Gasteiger partial charge is 0.354 e. The molecule has 2 amide bonds. The molecular formula is C29H33Cl2N3O4S. The summed E-state index contributed by atoms with van der Waals surface area (Å²) in [7, 11) is -4.11. The van der Waals surface area contributed by atoms with E-state index in [1.165, 1.54) is 17.0 Å². The average Bonchev–Trinajstić information content (AvgIpc) is 2.90. The third-order valence-electron chi connectivity index (χ3n) is 6.09. The highest BCUT2D eigenvalue weighted by atomic mass is 35.5. The molecular weight excluding hydrogens is 557 g/mol. The number of nitrogens with one attached hydrogen (secondary N) is 1. The third-order valence-corrected chi connectivity index (χ3v) is 8.62. The van der Waals surface area contributed by atoms with Crippen molar-refractivity contribution < 1.29 is 18.0 Å². The van der Waals surface area contributed by atoms with Crippen LogP contribution in [0.25, 0.3) is 0 Å². The van der Waals surface area contributed by atoms with E-state index >= 15 is 0 Å². The second-order valence-electron chi connectivity index (χ2n) is 9.75. The summed E-state index contributed by atoms with van der Waals surface area (Å²) in [6.45, 7) is 7.36. The highest BCUT2D eigenvalue weighted by molar-refractivity contribution is 7.92. The van der Waals surface area contributed by atoms with Gasteiger partial charge >= 0.3 is 0 Å². The molecule has 3 rings (SSSR count). The van der Waals surface area contributed by atoms with Gasteiger partial charge < -0.3 is 10.2 Å². The first kappa shape index (κ1) is 30.5. The molecule has 10 heteroatoms. The zero-order valence-electron chi connectivity index (χ0n) is 22.4. The smallest absolute Gasteiger partial charge is 0.264 e. The summed E-state index contributed by atoms with van der Waals surface area (Å²) in [5, 5.41) is 3.53. The quantitative estimate of drug-likeness (QED) is 0.311. The van der Waals surface area contributed by atoms with Crippen LogP contribution in [0.3, 0.4) is 0 Å². The van der Waals surface area contributed by atoms with Crippen LogP contribution in [0.5, 0.6) is 0 Å². The van der Waals surface area contributed by atoms with Crippen molar-refractivity contribution in [1.29, 1.82) is 0 Å². The summed E-state index contributed by atoms with van der Waals surface area (Å²) in [5.41, 5.74) is 1.83. The van der Waals surface area contributed by atoms with Gasteiger partial charge in [-0.2, -0.15) is 0 Å². The van der Waals surface area contributed by atoms with E-state index in [2.05, 4.69) is 5.32 Å². The first-order valence-electron chi connectivity index (χ1n) is 12.6. The Balaban J connectivity index is 2.01. The minimum Gasteiger partial charge on any atom is -0.354 e. The Bertz CT molecular complexity index is 1420. The predicted molar refractivity (Wildman–Crippen MR) is 156 cm³/mol. The number of nitrogens with zero attached hydrogens (tertiary/aromatic N) is 2. The molecule has 39 heavy (non-hydrogen) atoms. The number of carbonyl (C=O) groups excluding carboxylic acids is 2. The van der Waals surface area contributed by atoms with Gasteiger partial charge in [-0.25, -0.2) is 8.42 Å². The van der Waals surface area contributed by atoms with E-state index < -0.39 is 28.5 Å². The van der Waals surface area contributed by atoms with Crippen LogP contribution in [0.1, 0.15) is 31.9 Å². The predicted octanol–water partition coefficient (Wildman–Crippen LogP) is 5.69. The molecule has 0 aliphatic carbocycles. The summed E-state index contributed by atoms with van der Waals surface area (Å²) >= 11 is 12.3. The van der Waals surface area contributed by atoms with E-state index in [1.54, 1.807) is 61.5 Å². The molecule has 1 N–H and O–H groups in total. The van der Waals surface area contributed by atoms with Crippen LogP contribution in [0.4, 0.5) is 5.69 Å². The van der Waals surface area contributed by atoms with Gasteiger partial charge in [0.25, 0.3) is 10.0 Å². The summed E-state index contributed by atoms with van der Waals surface area (Å²) < 4.78 is 28.6. The second-order valence-corrected chi connectivity index (χ2v) is 12.4. The highest BCUT2D eigenvalue weighted by Crippen LogP contribution is 2.26. The fourth-order valence-electron chi connectivity index (χ4n) is 3.90. The van der Waals surface area contributed by atoms with Gasteiger partial charge in [-0.05, 0) is 67.3 Å². The number of carbonyl (C=O) groups is 2. The molecule has 0 aromatic heterocycles. The molecule has 0 bridgehead atoms. The van der Waals surface area contributed by atoms with Gasteiger partial charge in [-0.3, -0.25) is 13.9 Å². The van der Waals surface area contributed by atoms with Crippen molar-refractivity contribution in [3.63, 3.8) is 0 Å². The summed E-state index contributed by atoms with van der Waals surface area (Å²) in [4.78, 5) is 28.4. The van der Waals surface area contributed by atoms with Crippen LogP contribution >= 0.6 is 23.2 Å². The molecule has 0 aliphatic rings. The minimum atomic E-state index is -4.11. The SMILES string of the molecule is Cc1cccc(N(CC(=O)N(Cc2ccc(Cl)c(Cl)c2)[C@H](C)C(=O)NCC(C)C)S(=O)(=O)c2ccccc2)c1. The lowest BCUT2D eigenvalue weighted by molar-refractivity contribution is -0.139. The fraction of sp³-hybridized carbons (Fsp3) is 0.310. The fourth-order valence-corrected chi connectivity index (χ4v) is 5.65. The van der Waals surface area contributed by atoms with Gasteiger partial charge in [-0.1, -0.05) is 73.4 Å². The molecule has 0 unspecified atom stereocenters. The van der Waals surface area contributed by atoms with Gasteiger partial charge in [0, 0.05) is 13.1 Å². The lowest BCUT2D eigenvalue weighted by atomic mass is 10.1. The number of benzene rings is 3. The van der Waals surface area contributed by atoms with Gasteiger partial charge in [0.1, 0.15) is 12.6 Å². The summed E-state index contributed by atoms with van der Waals surface area (Å²) in [6, 6.07) is 18.9. The Morgan fingerprint density at radius 3 is 2.21 bits per heavy atom. The molecule has 0 saturated carbocycles. The number of sulfonamides is 1. The average molecular weight is 591 g/mol. The molecule has 0 radical (unpaired) electrons. The van der Waals surface area contributed by atoms with Crippen molar-refractivity contribution in [3.05, 3.63) is 94.0 Å². The molecule has 3 aromatic rings. The number of hydrogen-bond donors (Lipinski definition) is 1. The number of amides is 2. The summed E-state index contributed by atoms with van der Waals surface area (Å²) in [6.07, 6.45) is 0. The van der Waals surface area contributed by atoms with Gasteiger partial charge in [0.15, 0.2) is 0 Å². The van der Waals surface area contributed by atoms with Crippen LogP contribution in [0, 0.1) is 12.8 Å². The van der Waals surface area contributed by atoms with Crippen molar-refractivity contribution >= 4 is 50.7 Å². The number of halogens is 2. The standard InChI is InChI=1S/C29H33Cl2N3O4S/c1-20(2)17-32-29(36)22(4)33(18-23-13-14-26(30)27(31)16-23)28(35)19-34(24-10-8-9-21(3)15-24)39(37,38)25-11-6-5-7-12-25/h5-16,20,22H,17-19H2,1-4H3,(H,32,36)/t22-/m1/s1. The zero-order valence-corrected chi connectivity index (χ0v) is 24.7. The minimum absolute atomic E-state index is 0.0268. The molecule has 0 heterocycles. The van der Waals surface area contributed by atoms with E-state index in [0.29, 0.717) is 27.8 Å². The molecule has 7 nitrogen and oxygen atoms in total. The number of rotatable bonds is 11. The van der Waals surface area contributed by atoms with Crippen LogP contribution in [0.15, 0.2) is 77.7 Å². The molecule has 3 aromatic carbocycles. The topological polar surface area (TPSA) is 86.8 Å². The number of hydrogen-bond acceptors (Lipinski definition) is 4. The Labute approximate surface area is 240 Å². The van der Waals surface area contributed by atoms with Crippen LogP contribution in [-0.4, -0.2) is 44.3 Å². The molecule has 0 aliphatic heterocycles. The molecule has 1 atom stereocenters. The zero-order chi connectivity index (χ0) is 28.7. The van der Waals surface area contributed by atoms with E-state index in [-0.39, 0.29) is 23.3 Å². The van der Waals surface area contributed by atoms with Gasteiger partial charge in [0.2, 0.25) is 11.8 Å². The number of aryl methyl sites for hydroxylation is 1. The maximum Gasteiger partial charge on any atom is 0.264 e. The van der Waals surface area contributed by atoms with Crippen molar-refractivity contribution in [2.75, 3.05) is 17.4 Å². The molecule has 0 fully saturated rings. The normalized spacial score (nSPS) is 12.2. The number of anilines is 1. The van der Waals surface area contributed by atoms with E-state index in [1.807, 2.05) is 26.8 Å². The Kier molecular flexibility index (Phi) is 10.4. The van der Waals surface area contributed by atoms with Crippen molar-refractivity contribution in [3.8, 4) is 0 Å². The van der Waals surface area contributed by atoms with Crippen LogP contribution < -0.4 is 9.62 Å². The Hall–Kier alpha value is -3.07. The van der Waals surface area contributed by atoms with E-state index in [9.17, 15) is 18.0 Å². The first-order valence-corrected chi connectivity index (χ1v) is 14.7. The van der Waals surface area contributed by atoms with Crippen LogP contribution in [0.2, 0.25) is 10.0 Å². The van der Waals surface area contributed by atoms with Crippen molar-refractivity contribution in [2.24, 2.45) is 5.92 Å². The Morgan fingerprint density at radius 1 is 0.897 bits per heavy atom. The maximum atomic E-state index is 13.9. The van der Waals surface area contributed by atoms with Crippen LogP contribution in [-0.2, 0) is 26.2 Å². The van der Waals surface area contributed by atoms with Crippen molar-refractivity contribution in [1.82, 2.24) is 10.2 Å². The lowest BCUT2D eigenvalue weighted by Gasteiger charge is -2.32. The van der Waals surface area contributed by atoms with Gasteiger partial charge in [0.05, 0.1) is 20.6 Å². The molecule has 0 spiro atoms. The second kappa shape index (κ2) is 13.3. The molecule has 0 saturated heterocycles. The van der Waals surface area contributed by atoms with E-state index in [4.69, 9.17) is 23.2 Å². The van der Waals surface area contributed by atoms with E-state index in [0.717, 1.165) is 9.87 Å². The monoisotopic (exact) mass is 589 g/mol. The molecule has 208 valence electrons.